The molecule has 0 amide bonds. The number of unbranched alkanes of at least 4 members (excludes halogenated alkanes) is 24. The molecule has 0 aliphatic heterocycles. The molecule has 56 heavy (non-hydrogen) atoms. The Morgan fingerprint density at radius 1 is 0.554 bits per heavy atom. The van der Waals surface area contributed by atoms with Crippen molar-refractivity contribution in [3.8, 4) is 0 Å². The van der Waals surface area contributed by atoms with Crippen molar-refractivity contribution in [2.45, 2.75) is 214 Å². The molecule has 0 bridgehead atoms. The van der Waals surface area contributed by atoms with Crippen molar-refractivity contribution in [2.75, 3.05) is 37.9 Å². The van der Waals surface area contributed by atoms with Crippen LogP contribution in [-0.4, -0.2) is 61.8 Å². The standard InChI is InChI=1S/C47H86O8S/c1-7-9-11-13-15-17-19-20-21-22-23-24-26-27-29-31-34-53-45(50)42(5)39-47(6,40-56-38-37-52-43(48)33-36-54-44(49)41(3)4)46(51)55-35-32-30-28-25-18-16-14-12-10-8-2/h42H,3,7-40H2,1-2,4-6H3. The topological polar surface area (TPSA) is 105 Å². The lowest BCUT2D eigenvalue weighted by molar-refractivity contribution is -0.157. The number of hydrogen-bond acceptors (Lipinski definition) is 9. The van der Waals surface area contributed by atoms with Crippen molar-refractivity contribution in [3.63, 3.8) is 0 Å². The van der Waals surface area contributed by atoms with Gasteiger partial charge in [-0.3, -0.25) is 14.4 Å². The lowest BCUT2D eigenvalue weighted by Crippen LogP contribution is -2.36. The maximum atomic E-state index is 13.5. The van der Waals surface area contributed by atoms with Crippen molar-refractivity contribution in [1.29, 1.82) is 0 Å². The summed E-state index contributed by atoms with van der Waals surface area (Å²) in [6.45, 7) is 14.2. The fraction of sp³-hybridized carbons (Fsp3) is 0.872. The highest BCUT2D eigenvalue weighted by Crippen LogP contribution is 2.33. The smallest absolute Gasteiger partial charge is 0.333 e. The second-order valence-electron chi connectivity index (χ2n) is 16.4. The van der Waals surface area contributed by atoms with Gasteiger partial charge in [0.25, 0.3) is 0 Å². The van der Waals surface area contributed by atoms with Gasteiger partial charge in [-0.1, -0.05) is 181 Å². The molecule has 0 radical (unpaired) electrons. The second-order valence-corrected chi connectivity index (χ2v) is 17.5. The van der Waals surface area contributed by atoms with E-state index in [-0.39, 0.29) is 37.1 Å². The largest absolute Gasteiger partial charge is 0.465 e. The molecule has 0 heterocycles. The molecular formula is C47H86O8S. The van der Waals surface area contributed by atoms with Crippen LogP contribution in [-0.2, 0) is 38.1 Å². The maximum Gasteiger partial charge on any atom is 0.333 e. The first-order valence-electron chi connectivity index (χ1n) is 23.0. The number of esters is 4. The Morgan fingerprint density at radius 2 is 0.964 bits per heavy atom. The monoisotopic (exact) mass is 811 g/mol. The summed E-state index contributed by atoms with van der Waals surface area (Å²) < 4.78 is 21.7. The Kier molecular flexibility index (Phi) is 37.1. The molecule has 0 aliphatic rings. The van der Waals surface area contributed by atoms with Crippen LogP contribution >= 0.6 is 11.8 Å². The number of carbonyl (C=O) groups excluding carboxylic acids is 4. The molecule has 0 aromatic heterocycles. The highest BCUT2D eigenvalue weighted by molar-refractivity contribution is 7.99. The van der Waals surface area contributed by atoms with E-state index in [4.69, 9.17) is 18.9 Å². The Balaban J connectivity index is 4.53. The number of hydrogen-bond donors (Lipinski definition) is 0. The summed E-state index contributed by atoms with van der Waals surface area (Å²) in [5, 5.41) is 0. The zero-order valence-electron chi connectivity index (χ0n) is 37.0. The molecule has 2 unspecified atom stereocenters. The van der Waals surface area contributed by atoms with Crippen LogP contribution in [0.5, 0.6) is 0 Å². The maximum absolute atomic E-state index is 13.5. The lowest BCUT2D eigenvalue weighted by atomic mass is 9.83. The summed E-state index contributed by atoms with van der Waals surface area (Å²) in [4.78, 5) is 50.0. The summed E-state index contributed by atoms with van der Waals surface area (Å²) in [6.07, 6.45) is 33.1. The summed E-state index contributed by atoms with van der Waals surface area (Å²) in [7, 11) is 0. The highest BCUT2D eigenvalue weighted by atomic mass is 32.2. The predicted octanol–water partition coefficient (Wildman–Crippen LogP) is 13.1. The molecule has 9 heteroatoms. The molecule has 0 aliphatic carbocycles. The molecule has 2 atom stereocenters. The van der Waals surface area contributed by atoms with E-state index in [9.17, 15) is 19.2 Å². The third kappa shape index (κ3) is 33.0. The van der Waals surface area contributed by atoms with Gasteiger partial charge >= 0.3 is 23.9 Å². The average Bonchev–Trinajstić information content (AvgIpc) is 3.17. The first-order chi connectivity index (χ1) is 27.1. The molecular weight excluding hydrogens is 725 g/mol. The molecule has 328 valence electrons. The molecule has 0 rings (SSSR count). The SMILES string of the molecule is C=C(C)C(=O)OCCC(=O)OCCSCC(C)(CC(C)C(=O)OCCCCCCCCCCCCCCCCCC)C(=O)OCCCCCCCCCCCC. The minimum absolute atomic E-state index is 0.0360. The van der Waals surface area contributed by atoms with E-state index in [2.05, 4.69) is 20.4 Å². The zero-order chi connectivity index (χ0) is 41.5. The quantitative estimate of drug-likeness (QED) is 0.0258. The van der Waals surface area contributed by atoms with E-state index in [0.29, 0.717) is 31.1 Å². The van der Waals surface area contributed by atoms with E-state index < -0.39 is 23.3 Å². The number of carbonyl (C=O) groups is 4. The van der Waals surface area contributed by atoms with Gasteiger partial charge in [0.15, 0.2) is 0 Å². The molecule has 0 aromatic carbocycles. The second kappa shape index (κ2) is 38.5. The van der Waals surface area contributed by atoms with Gasteiger partial charge in [0, 0.05) is 17.1 Å². The Morgan fingerprint density at radius 3 is 1.39 bits per heavy atom. The minimum Gasteiger partial charge on any atom is -0.465 e. The van der Waals surface area contributed by atoms with Crippen LogP contribution in [0.1, 0.15) is 214 Å². The van der Waals surface area contributed by atoms with Crippen LogP contribution in [0.25, 0.3) is 0 Å². The third-order valence-corrected chi connectivity index (χ3v) is 11.7. The normalized spacial score (nSPS) is 12.8. The molecule has 0 N–H and O–H groups in total. The summed E-state index contributed by atoms with van der Waals surface area (Å²) in [5.41, 5.74) is -0.617. The summed E-state index contributed by atoms with van der Waals surface area (Å²) in [6, 6.07) is 0. The van der Waals surface area contributed by atoms with Gasteiger partial charge in [0.2, 0.25) is 0 Å². The van der Waals surface area contributed by atoms with E-state index in [0.717, 1.165) is 32.1 Å². The molecule has 0 saturated heterocycles. The molecule has 0 aromatic rings. The fourth-order valence-corrected chi connectivity index (χ4v) is 7.82. The summed E-state index contributed by atoms with van der Waals surface area (Å²) in [5.74, 6) is -1.11. The lowest BCUT2D eigenvalue weighted by Gasteiger charge is -2.29. The number of ether oxygens (including phenoxy) is 4. The Labute approximate surface area is 348 Å². The van der Waals surface area contributed by atoms with Crippen LogP contribution in [0.4, 0.5) is 0 Å². The molecule has 8 nitrogen and oxygen atoms in total. The highest BCUT2D eigenvalue weighted by Gasteiger charge is 2.38. The van der Waals surface area contributed by atoms with E-state index in [1.807, 2.05) is 13.8 Å². The molecule has 0 fully saturated rings. The first-order valence-corrected chi connectivity index (χ1v) is 24.1. The molecule has 0 spiro atoms. The Bertz CT molecular complexity index is 1000. The van der Waals surface area contributed by atoms with Gasteiger partial charge in [-0.25, -0.2) is 4.79 Å². The van der Waals surface area contributed by atoms with Gasteiger partial charge in [-0.05, 0) is 33.1 Å². The third-order valence-electron chi connectivity index (χ3n) is 10.4. The number of thioether (sulfide) groups is 1. The first kappa shape index (κ1) is 54.0. The van der Waals surface area contributed by atoms with Crippen LogP contribution in [0, 0.1) is 11.3 Å². The van der Waals surface area contributed by atoms with Crippen LogP contribution in [0.3, 0.4) is 0 Å². The molecule has 0 saturated carbocycles. The average molecular weight is 811 g/mol. The van der Waals surface area contributed by atoms with Gasteiger partial charge in [0.1, 0.15) is 13.2 Å². The van der Waals surface area contributed by atoms with Gasteiger partial charge in [0.05, 0.1) is 31.0 Å². The van der Waals surface area contributed by atoms with Crippen molar-refractivity contribution in [2.24, 2.45) is 11.3 Å². The van der Waals surface area contributed by atoms with Gasteiger partial charge in [-0.15, -0.1) is 0 Å². The van der Waals surface area contributed by atoms with E-state index >= 15 is 0 Å². The van der Waals surface area contributed by atoms with Crippen molar-refractivity contribution in [3.05, 3.63) is 12.2 Å². The summed E-state index contributed by atoms with van der Waals surface area (Å²) >= 11 is 1.49. The van der Waals surface area contributed by atoms with Crippen molar-refractivity contribution in [1.82, 2.24) is 0 Å². The Hall–Kier alpha value is -2.03. The van der Waals surface area contributed by atoms with Crippen molar-refractivity contribution < 1.29 is 38.1 Å². The zero-order valence-corrected chi connectivity index (χ0v) is 37.8. The van der Waals surface area contributed by atoms with E-state index in [1.54, 1.807) is 6.92 Å². The number of rotatable bonds is 41. The van der Waals surface area contributed by atoms with Gasteiger partial charge < -0.3 is 18.9 Å². The van der Waals surface area contributed by atoms with Crippen molar-refractivity contribution >= 4 is 35.6 Å². The van der Waals surface area contributed by atoms with Crippen LogP contribution in [0.15, 0.2) is 12.2 Å². The fourth-order valence-electron chi connectivity index (χ4n) is 6.79. The van der Waals surface area contributed by atoms with E-state index in [1.165, 1.54) is 147 Å². The van der Waals surface area contributed by atoms with Crippen LogP contribution in [0.2, 0.25) is 0 Å². The van der Waals surface area contributed by atoms with Crippen LogP contribution < -0.4 is 0 Å². The minimum atomic E-state index is -0.892. The predicted molar refractivity (Wildman–Crippen MR) is 234 cm³/mol. The van der Waals surface area contributed by atoms with Gasteiger partial charge in [-0.2, -0.15) is 11.8 Å².